The highest BCUT2D eigenvalue weighted by Gasteiger charge is 2.38. The van der Waals surface area contributed by atoms with E-state index in [0.29, 0.717) is 30.5 Å². The van der Waals surface area contributed by atoms with Crippen molar-refractivity contribution in [2.45, 2.75) is 44.3 Å². The third kappa shape index (κ3) is 6.82. The summed E-state index contributed by atoms with van der Waals surface area (Å²) >= 11 is 6.94. The number of halogens is 1. The van der Waals surface area contributed by atoms with Crippen molar-refractivity contribution in [1.29, 1.82) is 0 Å². The predicted octanol–water partition coefficient (Wildman–Crippen LogP) is 0.435. The standard InChI is InChI=1S/C24H30ClN7O6S/c1-30(2)24(36)13-4-6-15(26-20(33)21(34)29-19-7-5-14(25)11-31(19)37)17(10-13)27-22(35)23-28-16-8-9-32(3,38)12-18(16)39-23/h5,7,11,13,15,17,37H,4,6,8-10,12H2,1-3H3,(H,26,33)(H,27,35)/t13?,15-,17+,32?/m0/s1. The molecule has 210 valence electrons. The van der Waals surface area contributed by atoms with Gasteiger partial charge in [0.15, 0.2) is 10.5 Å². The van der Waals surface area contributed by atoms with Crippen molar-refractivity contribution < 1.29 is 29.0 Å². The van der Waals surface area contributed by atoms with Crippen LogP contribution in [0.2, 0.25) is 5.02 Å². The van der Waals surface area contributed by atoms with Gasteiger partial charge in [0.25, 0.3) is 5.91 Å². The average Bonchev–Trinajstić information content (AvgIpc) is 3.28. The summed E-state index contributed by atoms with van der Waals surface area (Å²) in [6.07, 6.45) is 2.61. The summed E-state index contributed by atoms with van der Waals surface area (Å²) in [5.74, 6) is -3.14. The fourth-order valence-corrected chi connectivity index (χ4v) is 6.08. The number of pyridine rings is 1. The third-order valence-corrected chi connectivity index (χ3v) is 8.13. The first-order chi connectivity index (χ1) is 18.3. The summed E-state index contributed by atoms with van der Waals surface area (Å²) in [5.41, 5.74) is 0.548. The molecule has 13 nitrogen and oxygen atoms in total. The van der Waals surface area contributed by atoms with Gasteiger partial charge < -0.3 is 30.6 Å². The second kappa shape index (κ2) is 11.4. The molecular formula is C24H30ClN7O6S. The van der Waals surface area contributed by atoms with Gasteiger partial charge in [-0.2, -0.15) is 9.72 Å². The summed E-state index contributed by atoms with van der Waals surface area (Å²) in [6.45, 7) is 0.628. The Hall–Kier alpha value is -3.33. The van der Waals surface area contributed by atoms with Gasteiger partial charge in [-0.25, -0.2) is 4.98 Å². The molecule has 39 heavy (non-hydrogen) atoms. The highest BCUT2D eigenvalue weighted by atomic mass is 35.5. The van der Waals surface area contributed by atoms with Crippen LogP contribution in [0.5, 0.6) is 0 Å². The number of aromatic nitrogens is 2. The van der Waals surface area contributed by atoms with Crippen LogP contribution in [0.1, 0.15) is 39.6 Å². The third-order valence-electron chi connectivity index (χ3n) is 6.83. The maximum absolute atomic E-state index is 13.2. The van der Waals surface area contributed by atoms with Crippen molar-refractivity contribution in [1.82, 2.24) is 25.2 Å². The zero-order valence-corrected chi connectivity index (χ0v) is 23.3. The van der Waals surface area contributed by atoms with Crippen molar-refractivity contribution in [3.63, 3.8) is 0 Å². The molecule has 1 saturated carbocycles. The molecule has 4 amide bonds. The van der Waals surface area contributed by atoms with E-state index in [2.05, 4.69) is 20.6 Å². The van der Waals surface area contributed by atoms with E-state index in [1.54, 1.807) is 21.1 Å². The number of amides is 4. The largest absolute Gasteiger partial charge is 0.633 e. The number of quaternary nitrogens is 1. The number of carbonyl (C=O) groups excluding carboxylic acids is 4. The first-order valence-corrected chi connectivity index (χ1v) is 13.6. The molecule has 4 rings (SSSR count). The molecule has 0 spiro atoms. The Balaban J connectivity index is 1.51. The molecule has 1 fully saturated rings. The van der Waals surface area contributed by atoms with Crippen LogP contribution in [0, 0.1) is 11.1 Å². The fraction of sp³-hybridized carbons (Fsp3) is 0.500. The Bertz CT molecular complexity index is 1370. The van der Waals surface area contributed by atoms with E-state index in [0.717, 1.165) is 28.1 Å². The minimum absolute atomic E-state index is 0.0995. The second-order valence-corrected chi connectivity index (χ2v) is 11.7. The van der Waals surface area contributed by atoms with E-state index in [9.17, 15) is 29.6 Å². The van der Waals surface area contributed by atoms with Crippen LogP contribution in [-0.2, 0) is 27.3 Å². The molecule has 2 aliphatic rings. The van der Waals surface area contributed by atoms with E-state index in [1.807, 2.05) is 0 Å². The Labute approximate surface area is 233 Å². The Morgan fingerprint density at radius 1 is 1.23 bits per heavy atom. The quantitative estimate of drug-likeness (QED) is 0.204. The van der Waals surface area contributed by atoms with Crippen molar-refractivity contribution in [2.24, 2.45) is 10.9 Å². The molecule has 3 N–H and O–H groups in total. The molecule has 1 aliphatic heterocycles. The molecule has 1 aliphatic carbocycles. The van der Waals surface area contributed by atoms with Gasteiger partial charge in [0.2, 0.25) is 5.91 Å². The summed E-state index contributed by atoms with van der Waals surface area (Å²) in [5, 5.41) is 28.1. The Kier molecular flexibility index (Phi) is 8.39. The van der Waals surface area contributed by atoms with Crippen LogP contribution in [0.4, 0.5) is 0 Å². The molecule has 2 aromatic rings. The minimum atomic E-state index is -1.15. The van der Waals surface area contributed by atoms with E-state index >= 15 is 0 Å². The van der Waals surface area contributed by atoms with Crippen LogP contribution in [0.3, 0.4) is 0 Å². The lowest BCUT2D eigenvalue weighted by molar-refractivity contribution is -0.876. The van der Waals surface area contributed by atoms with Crippen molar-refractivity contribution in [3.05, 3.63) is 49.6 Å². The number of fused-ring (bicyclic) bond motifs is 1. The monoisotopic (exact) mass is 579 g/mol. The lowest BCUT2D eigenvalue weighted by Crippen LogP contribution is -2.56. The second-order valence-electron chi connectivity index (χ2n) is 10.2. The molecule has 4 atom stereocenters. The van der Waals surface area contributed by atoms with Crippen molar-refractivity contribution in [3.8, 4) is 0 Å². The van der Waals surface area contributed by atoms with Gasteiger partial charge in [-0.1, -0.05) is 11.6 Å². The molecule has 0 saturated heterocycles. The van der Waals surface area contributed by atoms with Gasteiger partial charge in [-0.15, -0.1) is 11.3 Å². The first-order valence-electron chi connectivity index (χ1n) is 12.4. The van der Waals surface area contributed by atoms with Crippen LogP contribution >= 0.6 is 22.9 Å². The van der Waals surface area contributed by atoms with Gasteiger partial charge in [0.05, 0.1) is 41.4 Å². The molecular weight excluding hydrogens is 550 g/mol. The lowest BCUT2D eigenvalue weighted by Gasteiger charge is -2.40. The number of hydrogen-bond acceptors (Lipinski definition) is 8. The fourth-order valence-electron chi connectivity index (χ4n) is 4.78. The first kappa shape index (κ1) is 28.7. The molecule has 0 bridgehead atoms. The molecule has 0 aromatic carbocycles. The maximum atomic E-state index is 13.2. The average molecular weight is 580 g/mol. The number of nitrogens with one attached hydrogen (secondary N) is 2. The normalized spacial score (nSPS) is 24.9. The summed E-state index contributed by atoms with van der Waals surface area (Å²) in [7, 11) is 4.88. The zero-order chi connectivity index (χ0) is 28.5. The van der Waals surface area contributed by atoms with Crippen LogP contribution < -0.4 is 16.1 Å². The van der Waals surface area contributed by atoms with Gasteiger partial charge >= 0.3 is 11.8 Å². The maximum Gasteiger partial charge on any atom is 0.337 e. The molecule has 0 radical (unpaired) electrons. The number of hydroxylamine groups is 3. The van der Waals surface area contributed by atoms with E-state index in [1.165, 1.54) is 17.0 Å². The van der Waals surface area contributed by atoms with Crippen molar-refractivity contribution >= 4 is 46.6 Å². The highest BCUT2D eigenvalue weighted by molar-refractivity contribution is 7.13. The lowest BCUT2D eigenvalue weighted by atomic mass is 9.81. The van der Waals surface area contributed by atoms with Crippen LogP contribution in [0.15, 0.2) is 23.3 Å². The van der Waals surface area contributed by atoms with Gasteiger partial charge in [-0.05, 0) is 31.4 Å². The van der Waals surface area contributed by atoms with Gasteiger partial charge in [0.1, 0.15) is 6.54 Å². The van der Waals surface area contributed by atoms with Gasteiger partial charge in [-0.3, -0.25) is 19.2 Å². The van der Waals surface area contributed by atoms with E-state index in [4.69, 9.17) is 11.6 Å². The number of hydrogen-bond donors (Lipinski definition) is 3. The molecule has 3 heterocycles. The minimum Gasteiger partial charge on any atom is -0.633 e. The summed E-state index contributed by atoms with van der Waals surface area (Å²) in [4.78, 5) is 61.4. The van der Waals surface area contributed by atoms with E-state index < -0.39 is 34.5 Å². The van der Waals surface area contributed by atoms with Crippen LogP contribution in [0.25, 0.3) is 0 Å². The van der Waals surface area contributed by atoms with E-state index in [-0.39, 0.29) is 40.3 Å². The molecule has 2 aromatic heterocycles. The number of rotatable bonds is 4. The number of thiazole rings is 1. The van der Waals surface area contributed by atoms with Crippen molar-refractivity contribution in [2.75, 3.05) is 27.7 Å². The number of carbonyl (C=O) groups is 4. The van der Waals surface area contributed by atoms with Gasteiger partial charge in [0, 0.05) is 32.5 Å². The Morgan fingerprint density at radius 2 is 1.97 bits per heavy atom. The SMILES string of the molecule is CN(C)C(=O)C1CC[C@H](NC(=O)C(=O)N=c2ccc(Cl)cn2O)[C@H](NC(=O)c2nc3c(s2)C[N+](C)([O-])CC3)C1. The summed E-state index contributed by atoms with van der Waals surface area (Å²) in [6, 6.07) is 1.35. The number of nitrogens with zero attached hydrogens (tertiary/aromatic N) is 5. The smallest absolute Gasteiger partial charge is 0.337 e. The Morgan fingerprint density at radius 3 is 2.67 bits per heavy atom. The molecule has 2 unspecified atom stereocenters. The molecule has 15 heteroatoms. The zero-order valence-electron chi connectivity index (χ0n) is 21.7. The number of likely N-dealkylation sites (N-methyl/N-ethyl adjacent to an activating group) is 1. The summed E-state index contributed by atoms with van der Waals surface area (Å²) < 4.78 is 0.100. The van der Waals surface area contributed by atoms with Crippen LogP contribution in [-0.4, -0.2) is 87.9 Å². The topological polar surface area (TPSA) is 169 Å². The highest BCUT2D eigenvalue weighted by Crippen LogP contribution is 2.29. The predicted molar refractivity (Wildman–Crippen MR) is 140 cm³/mol.